The zero-order chi connectivity index (χ0) is 30.0. The molecule has 3 heterocycles. The first-order chi connectivity index (χ1) is 20.8. The van der Waals surface area contributed by atoms with Crippen LogP contribution in [0.1, 0.15) is 11.1 Å². The second-order valence-corrected chi connectivity index (χ2v) is 12.4. The molecule has 0 atom stereocenters. The summed E-state index contributed by atoms with van der Waals surface area (Å²) < 4.78 is 36.1. The lowest BCUT2D eigenvalue weighted by atomic mass is 9.96. The van der Waals surface area contributed by atoms with Crippen LogP contribution in [0.15, 0.2) is 83.9 Å². The molecule has 0 bridgehead atoms. The number of para-hydroxylation sites is 1. The highest BCUT2D eigenvalue weighted by atomic mass is 32.2. The Bertz CT molecular complexity index is 1700. The van der Waals surface area contributed by atoms with Crippen LogP contribution in [0.2, 0.25) is 0 Å². The molecule has 2 aliphatic heterocycles. The van der Waals surface area contributed by atoms with Crippen molar-refractivity contribution < 1.29 is 17.9 Å². The zero-order valence-electron chi connectivity index (χ0n) is 24.2. The summed E-state index contributed by atoms with van der Waals surface area (Å²) in [6.07, 6.45) is 2.22. The second-order valence-electron chi connectivity index (χ2n) is 10.7. The van der Waals surface area contributed by atoms with Crippen LogP contribution in [0.25, 0.3) is 5.69 Å². The third kappa shape index (κ3) is 6.02. The Morgan fingerprint density at radius 2 is 1.63 bits per heavy atom. The molecule has 0 unspecified atom stereocenters. The highest BCUT2D eigenvalue weighted by Gasteiger charge is 2.28. The van der Waals surface area contributed by atoms with E-state index in [4.69, 9.17) is 4.74 Å². The van der Waals surface area contributed by atoms with Crippen LogP contribution in [-0.2, 0) is 23.0 Å². The molecule has 2 amide bonds. The number of benzene rings is 3. The van der Waals surface area contributed by atoms with E-state index in [1.165, 1.54) is 23.0 Å². The van der Waals surface area contributed by atoms with E-state index in [0.29, 0.717) is 31.0 Å². The van der Waals surface area contributed by atoms with Crippen LogP contribution in [0, 0.1) is 0 Å². The average Bonchev–Trinajstić information content (AvgIpc) is 3.48. The Morgan fingerprint density at radius 3 is 2.35 bits per heavy atom. The molecule has 2 aliphatic rings. The number of carbonyl (C=O) groups is 1. The van der Waals surface area contributed by atoms with Crippen LogP contribution in [0.5, 0.6) is 5.75 Å². The van der Waals surface area contributed by atoms with Crippen LogP contribution >= 0.6 is 0 Å². The molecule has 1 saturated heterocycles. The summed E-state index contributed by atoms with van der Waals surface area (Å²) in [5.41, 5.74) is 4.66. The maximum absolute atomic E-state index is 13.4. The van der Waals surface area contributed by atoms with Crippen molar-refractivity contribution in [2.75, 3.05) is 61.8 Å². The first kappa shape index (κ1) is 28.6. The zero-order valence-corrected chi connectivity index (χ0v) is 25.0. The van der Waals surface area contributed by atoms with E-state index in [-0.39, 0.29) is 10.9 Å². The van der Waals surface area contributed by atoms with Gasteiger partial charge in [0.1, 0.15) is 11.6 Å². The molecule has 0 saturated carbocycles. The van der Waals surface area contributed by atoms with Gasteiger partial charge in [0.15, 0.2) is 0 Å². The molecule has 0 aliphatic carbocycles. The fourth-order valence-corrected chi connectivity index (χ4v) is 6.65. The maximum Gasteiger partial charge on any atom is 0.322 e. The minimum atomic E-state index is -3.89. The molecule has 0 radical (unpaired) electrons. The number of nitrogens with one attached hydrogen (secondary N) is 2. The van der Waals surface area contributed by atoms with Crippen LogP contribution in [0.4, 0.5) is 22.0 Å². The molecule has 1 fully saturated rings. The third-order valence-electron chi connectivity index (χ3n) is 7.99. The number of nitrogens with zero attached hydrogens (tertiary/aromatic N) is 5. The van der Waals surface area contributed by atoms with Gasteiger partial charge in [-0.3, -0.25) is 4.72 Å². The number of urea groups is 1. The fourth-order valence-electron chi connectivity index (χ4n) is 5.61. The normalized spacial score (nSPS) is 15.6. The van der Waals surface area contributed by atoms with E-state index in [0.717, 1.165) is 54.4 Å². The molecule has 12 heteroatoms. The van der Waals surface area contributed by atoms with Crippen molar-refractivity contribution in [1.29, 1.82) is 0 Å². The average molecular weight is 602 g/mol. The van der Waals surface area contributed by atoms with Gasteiger partial charge < -0.3 is 24.8 Å². The van der Waals surface area contributed by atoms with Crippen molar-refractivity contribution in [3.63, 3.8) is 0 Å². The number of sulfonamides is 1. The second kappa shape index (κ2) is 12.0. The number of aromatic nitrogens is 2. The van der Waals surface area contributed by atoms with Crippen LogP contribution < -0.4 is 19.7 Å². The number of carbonyl (C=O) groups excluding carboxylic acids is 1. The van der Waals surface area contributed by atoms with Crippen molar-refractivity contribution in [3.8, 4) is 11.4 Å². The molecule has 43 heavy (non-hydrogen) atoms. The largest absolute Gasteiger partial charge is 0.496 e. The highest BCUT2D eigenvalue weighted by molar-refractivity contribution is 7.92. The Hall–Kier alpha value is -4.55. The molecule has 224 valence electrons. The minimum Gasteiger partial charge on any atom is -0.496 e. The summed E-state index contributed by atoms with van der Waals surface area (Å²) in [6, 6.07) is 20.9. The van der Waals surface area contributed by atoms with Crippen molar-refractivity contribution in [2.24, 2.45) is 0 Å². The molecular formula is C31H35N7O4S. The van der Waals surface area contributed by atoms with Gasteiger partial charge in [0, 0.05) is 67.8 Å². The standard InChI is InChI=1S/C31H35N7O4S/c1-35-18-20-36(21-19-35)28-12-13-29(42-2)26-15-17-37(22-27(26)28)31(39)33-23-8-10-25(11-9-23)43(40,41)34-30-14-16-32-38(30)24-6-4-3-5-7-24/h3-14,16,34H,15,17-22H2,1-2H3,(H,33,39). The smallest absolute Gasteiger partial charge is 0.322 e. The lowest BCUT2D eigenvalue weighted by Crippen LogP contribution is -2.46. The van der Waals surface area contributed by atoms with Gasteiger partial charge in [-0.2, -0.15) is 5.10 Å². The van der Waals surface area contributed by atoms with E-state index < -0.39 is 10.0 Å². The summed E-state index contributed by atoms with van der Waals surface area (Å²) in [7, 11) is -0.0782. The van der Waals surface area contributed by atoms with Crippen molar-refractivity contribution >= 4 is 33.2 Å². The first-order valence-corrected chi connectivity index (χ1v) is 15.7. The quantitative estimate of drug-likeness (QED) is 0.329. The monoisotopic (exact) mass is 601 g/mol. The van der Waals surface area contributed by atoms with Crippen LogP contribution in [-0.4, -0.2) is 80.9 Å². The summed E-state index contributed by atoms with van der Waals surface area (Å²) >= 11 is 0. The van der Waals surface area contributed by atoms with Gasteiger partial charge in [0.2, 0.25) is 0 Å². The number of anilines is 3. The number of likely N-dealkylation sites (N-methyl/N-ethyl adjacent to an activating group) is 1. The summed E-state index contributed by atoms with van der Waals surface area (Å²) in [6.45, 7) is 4.85. The maximum atomic E-state index is 13.4. The first-order valence-electron chi connectivity index (χ1n) is 14.2. The Labute approximate surface area is 251 Å². The van der Waals surface area contributed by atoms with E-state index >= 15 is 0 Å². The minimum absolute atomic E-state index is 0.0714. The van der Waals surface area contributed by atoms with Gasteiger partial charge in [-0.05, 0) is 62.0 Å². The number of piperazine rings is 1. The van der Waals surface area contributed by atoms with Gasteiger partial charge in [0.05, 0.1) is 23.9 Å². The number of ether oxygens (including phenoxy) is 1. The predicted molar refractivity (Wildman–Crippen MR) is 167 cm³/mol. The van der Waals surface area contributed by atoms with Gasteiger partial charge in [0.25, 0.3) is 10.0 Å². The Morgan fingerprint density at radius 1 is 0.884 bits per heavy atom. The number of hydrogen-bond acceptors (Lipinski definition) is 7. The van der Waals surface area contributed by atoms with E-state index in [1.807, 2.05) is 36.4 Å². The van der Waals surface area contributed by atoms with Crippen molar-refractivity contribution in [2.45, 2.75) is 17.9 Å². The molecule has 3 aromatic carbocycles. The number of amides is 2. The molecule has 0 spiro atoms. The number of hydrogen-bond donors (Lipinski definition) is 2. The van der Waals surface area contributed by atoms with Crippen LogP contribution in [0.3, 0.4) is 0 Å². The number of fused-ring (bicyclic) bond motifs is 1. The fraction of sp³-hybridized carbons (Fsp3) is 0.290. The summed E-state index contributed by atoms with van der Waals surface area (Å²) in [4.78, 5) is 19.9. The lowest BCUT2D eigenvalue weighted by Gasteiger charge is -2.38. The predicted octanol–water partition coefficient (Wildman–Crippen LogP) is 4.02. The van der Waals surface area contributed by atoms with Gasteiger partial charge in [-0.1, -0.05) is 18.2 Å². The molecule has 6 rings (SSSR count). The molecular weight excluding hydrogens is 566 g/mol. The Balaban J connectivity index is 1.14. The van der Waals surface area contributed by atoms with E-state index in [1.54, 1.807) is 30.2 Å². The summed E-state index contributed by atoms with van der Waals surface area (Å²) in [5, 5.41) is 7.18. The molecule has 2 N–H and O–H groups in total. The number of methoxy groups -OCH3 is 1. The highest BCUT2D eigenvalue weighted by Crippen LogP contribution is 2.36. The van der Waals surface area contributed by atoms with E-state index in [9.17, 15) is 13.2 Å². The Kier molecular flexibility index (Phi) is 7.96. The van der Waals surface area contributed by atoms with E-state index in [2.05, 4.69) is 38.1 Å². The molecule has 11 nitrogen and oxygen atoms in total. The van der Waals surface area contributed by atoms with Gasteiger partial charge in [-0.15, -0.1) is 0 Å². The molecule has 4 aromatic rings. The number of rotatable bonds is 7. The topological polar surface area (TPSA) is 112 Å². The van der Waals surface area contributed by atoms with Gasteiger partial charge >= 0.3 is 6.03 Å². The van der Waals surface area contributed by atoms with Crippen molar-refractivity contribution in [1.82, 2.24) is 19.6 Å². The third-order valence-corrected chi connectivity index (χ3v) is 9.36. The lowest BCUT2D eigenvalue weighted by molar-refractivity contribution is 0.206. The molecule has 1 aromatic heterocycles. The summed E-state index contributed by atoms with van der Waals surface area (Å²) in [5.74, 6) is 1.17. The van der Waals surface area contributed by atoms with Crippen molar-refractivity contribution in [3.05, 3.63) is 90.1 Å². The SMILES string of the molecule is COc1ccc(N2CCN(C)CC2)c2c1CCN(C(=O)Nc1ccc(S(=O)(=O)Nc3ccnn3-c3ccccc3)cc1)C2. The van der Waals surface area contributed by atoms with Gasteiger partial charge in [-0.25, -0.2) is 17.9 Å².